The van der Waals surface area contributed by atoms with Crippen molar-refractivity contribution in [2.45, 2.75) is 51.2 Å². The van der Waals surface area contributed by atoms with Crippen LogP contribution in [0.5, 0.6) is 0 Å². The summed E-state index contributed by atoms with van der Waals surface area (Å²) >= 11 is 0. The number of imidazole rings is 1. The van der Waals surface area contributed by atoms with Crippen molar-refractivity contribution in [2.75, 3.05) is 23.0 Å². The quantitative estimate of drug-likeness (QED) is 0.159. The molecule has 7 nitrogen and oxygen atoms in total. The predicted molar refractivity (Wildman–Crippen MR) is 144 cm³/mol. The number of piperidine rings is 1. The number of benzene rings is 2. The number of hydrogen-bond donors (Lipinski definition) is 0. The minimum absolute atomic E-state index is 0.103. The van der Waals surface area contributed by atoms with E-state index < -0.39 is 12.9 Å². The molecular weight excluding hydrogens is 527 g/mol. The van der Waals surface area contributed by atoms with Gasteiger partial charge in [0, 0.05) is 13.0 Å². The molecule has 5 rings (SSSR count). The second-order valence-electron chi connectivity index (χ2n) is 9.92. The summed E-state index contributed by atoms with van der Waals surface area (Å²) in [4.78, 5) is 30.7. The first-order valence-corrected chi connectivity index (χ1v) is 13.4. The smallest absolute Gasteiger partial charge is 0.458 e. The highest BCUT2D eigenvalue weighted by Crippen LogP contribution is 2.55. The largest absolute Gasteiger partial charge is 0.673 e. The molecule has 0 aliphatic carbocycles. The Bertz CT molecular complexity index is 1330. The molecule has 0 saturated carbocycles. The van der Waals surface area contributed by atoms with Crippen LogP contribution in [0.2, 0.25) is 0 Å². The van der Waals surface area contributed by atoms with E-state index in [1.807, 2.05) is 76.2 Å². The molecule has 0 N–H and O–H groups in total. The summed E-state index contributed by atoms with van der Waals surface area (Å²) in [5.74, 6) is -0.266. The number of hydrogen-bond acceptors (Lipinski definition) is 4. The summed E-state index contributed by atoms with van der Waals surface area (Å²) in [6, 6.07) is 16.0. The minimum atomic E-state index is -6.00. The van der Waals surface area contributed by atoms with E-state index in [1.54, 1.807) is 0 Å². The zero-order valence-corrected chi connectivity index (χ0v) is 22.6. The Morgan fingerprint density at radius 2 is 1.80 bits per heavy atom. The number of amides is 1. The Hall–Kier alpha value is -3.83. The lowest BCUT2D eigenvalue weighted by Crippen LogP contribution is -2.59. The molecule has 1 amide bonds. The van der Waals surface area contributed by atoms with Gasteiger partial charge in [-0.2, -0.15) is 0 Å². The van der Waals surface area contributed by atoms with Gasteiger partial charge >= 0.3 is 13.2 Å². The fourth-order valence-corrected chi connectivity index (χ4v) is 5.48. The average molecular weight is 560 g/mol. The molecule has 1 unspecified atom stereocenters. The van der Waals surface area contributed by atoms with Crippen LogP contribution in [0.25, 0.3) is 0 Å². The minimum Gasteiger partial charge on any atom is -0.458 e. The van der Waals surface area contributed by atoms with Crippen LogP contribution in [-0.2, 0) is 28.8 Å². The third kappa shape index (κ3) is 6.32. The Kier molecular flexibility index (Phi) is 8.85. The molecule has 40 heavy (non-hydrogen) atoms. The van der Waals surface area contributed by atoms with Crippen LogP contribution in [0.4, 0.5) is 28.6 Å². The second kappa shape index (κ2) is 12.1. The monoisotopic (exact) mass is 560 g/mol. The normalized spacial score (nSPS) is 18.1. The highest BCUT2D eigenvalue weighted by Gasteiger charge is 2.54. The highest BCUT2D eigenvalue weighted by atomic mass is 19.5. The molecule has 214 valence electrons. The highest BCUT2D eigenvalue weighted by molar-refractivity contribution is 6.50. The van der Waals surface area contributed by atoms with Gasteiger partial charge in [0.2, 0.25) is 12.2 Å². The number of anilines is 2. The van der Waals surface area contributed by atoms with E-state index in [0.717, 1.165) is 49.2 Å². The van der Waals surface area contributed by atoms with Crippen LogP contribution < -0.4 is 14.4 Å². The molecule has 0 radical (unpaired) electrons. The van der Waals surface area contributed by atoms with E-state index in [2.05, 4.69) is 24.0 Å². The van der Waals surface area contributed by atoms with Gasteiger partial charge in [-0.25, -0.2) is 13.9 Å². The number of ether oxygens (including phenoxy) is 1. The average Bonchev–Trinajstić information content (AvgIpc) is 3.46. The number of rotatable bonds is 8. The van der Waals surface area contributed by atoms with Crippen molar-refractivity contribution in [3.8, 4) is 0 Å². The van der Waals surface area contributed by atoms with Crippen LogP contribution in [-0.4, -0.2) is 36.8 Å². The maximum Gasteiger partial charge on any atom is 0.673 e. The molecule has 12 heteroatoms. The Morgan fingerprint density at radius 1 is 1.07 bits per heavy atom. The molecule has 0 bridgehead atoms. The van der Waals surface area contributed by atoms with Crippen molar-refractivity contribution < 1.29 is 36.2 Å². The third-order valence-corrected chi connectivity index (χ3v) is 7.10. The lowest BCUT2D eigenvalue weighted by atomic mass is 9.87. The number of nitrogens with zero attached hydrogens (tertiary/aromatic N) is 4. The van der Waals surface area contributed by atoms with Gasteiger partial charge in [0.25, 0.3) is 0 Å². The molecule has 2 aromatic carbocycles. The van der Waals surface area contributed by atoms with Crippen molar-refractivity contribution in [1.82, 2.24) is 4.57 Å². The molecule has 2 aliphatic heterocycles. The number of unbranched alkanes of at least 4 members (excludes halogenated alkanes) is 1. The fraction of sp³-hybridized carbons (Fsp3) is 0.393. The number of carbonyl (C=O) groups excluding carboxylic acids is 2. The van der Waals surface area contributed by atoms with Gasteiger partial charge < -0.3 is 26.9 Å². The van der Waals surface area contributed by atoms with Crippen molar-refractivity contribution in [3.05, 3.63) is 78.4 Å². The van der Waals surface area contributed by atoms with Gasteiger partial charge in [-0.3, -0.25) is 9.69 Å². The molecular formula is C28H33BF4N4O3. The number of halogens is 4. The summed E-state index contributed by atoms with van der Waals surface area (Å²) in [6.45, 7) is 3.90. The molecule has 2 aliphatic rings. The third-order valence-electron chi connectivity index (χ3n) is 7.10. The molecule has 3 aromatic rings. The lowest BCUT2D eigenvalue weighted by molar-refractivity contribution is -0.671. The van der Waals surface area contributed by atoms with Gasteiger partial charge in [-0.15, -0.1) is 0 Å². The van der Waals surface area contributed by atoms with E-state index in [-0.39, 0.29) is 18.5 Å². The summed E-state index contributed by atoms with van der Waals surface area (Å²) in [6.07, 6.45) is 10.1. The topological polar surface area (TPSA) is 58.7 Å². The van der Waals surface area contributed by atoms with E-state index >= 15 is 0 Å². The second-order valence-corrected chi connectivity index (χ2v) is 9.92. The number of aryl methyl sites for hydroxylation is 1. The maximum atomic E-state index is 13.4. The standard InChI is InChI=1S/C28H33N4O3.BF4/c1-3-4-15-31-24-13-12-22(27(34)35-19-18-30-17-16-29(2)21-30)20-25(24)32-26(33)11-8-14-28(31,32)23-9-6-5-7-10-23;2-1(3,4)5/h5-7,9-10,12-13,16-17,20-21H,3-4,8,11,14-15,18-19H2,1-2H3;/q+1;-1. The van der Waals surface area contributed by atoms with Gasteiger partial charge in [0.15, 0.2) is 0 Å². The van der Waals surface area contributed by atoms with Gasteiger partial charge in [0.1, 0.15) is 31.2 Å². The zero-order valence-electron chi connectivity index (χ0n) is 22.6. The first-order valence-electron chi connectivity index (χ1n) is 13.4. The van der Waals surface area contributed by atoms with Gasteiger partial charge in [0.05, 0.1) is 24.0 Å². The fourth-order valence-electron chi connectivity index (χ4n) is 5.48. The Balaban J connectivity index is 0.000000681. The van der Waals surface area contributed by atoms with Crippen molar-refractivity contribution in [1.29, 1.82) is 0 Å². The van der Waals surface area contributed by atoms with Crippen LogP contribution >= 0.6 is 0 Å². The maximum absolute atomic E-state index is 13.4. The van der Waals surface area contributed by atoms with Crippen molar-refractivity contribution >= 4 is 30.5 Å². The van der Waals surface area contributed by atoms with Crippen molar-refractivity contribution in [2.24, 2.45) is 7.05 Å². The zero-order chi connectivity index (χ0) is 28.9. The van der Waals surface area contributed by atoms with Crippen LogP contribution in [0.15, 0.2) is 67.3 Å². The summed E-state index contributed by atoms with van der Waals surface area (Å²) in [5, 5.41) is 0. The lowest BCUT2D eigenvalue weighted by Gasteiger charge is -2.48. The summed E-state index contributed by atoms with van der Waals surface area (Å²) in [5.41, 5.74) is 2.85. The molecule has 1 saturated heterocycles. The van der Waals surface area contributed by atoms with Gasteiger partial charge in [-0.1, -0.05) is 43.7 Å². The van der Waals surface area contributed by atoms with Gasteiger partial charge in [-0.05, 0) is 43.0 Å². The molecule has 1 atom stereocenters. The molecule has 0 spiro atoms. The number of carbonyl (C=O) groups is 2. The van der Waals surface area contributed by atoms with Crippen LogP contribution in [0, 0.1) is 0 Å². The molecule has 1 aromatic heterocycles. The van der Waals surface area contributed by atoms with Crippen LogP contribution in [0.3, 0.4) is 0 Å². The van der Waals surface area contributed by atoms with Crippen molar-refractivity contribution in [3.63, 3.8) is 0 Å². The SMILES string of the molecule is CCCCN1c2ccc(C(=O)OCCn3cc[n+](C)c3)cc2N2C(=O)CCCC12c1ccccc1.F[B-](F)(F)F. The number of esters is 1. The number of aromatic nitrogens is 2. The van der Waals surface area contributed by atoms with E-state index in [0.29, 0.717) is 18.5 Å². The summed E-state index contributed by atoms with van der Waals surface area (Å²) in [7, 11) is -4.05. The first-order chi connectivity index (χ1) is 19.0. The number of fused-ring (bicyclic) bond motifs is 3. The van der Waals surface area contributed by atoms with E-state index in [9.17, 15) is 26.9 Å². The molecule has 3 heterocycles. The van der Waals surface area contributed by atoms with Crippen LogP contribution in [0.1, 0.15) is 54.9 Å². The summed E-state index contributed by atoms with van der Waals surface area (Å²) < 4.78 is 48.5. The van der Waals surface area contributed by atoms with E-state index in [4.69, 9.17) is 4.74 Å². The Morgan fingerprint density at radius 3 is 2.45 bits per heavy atom. The van der Waals surface area contributed by atoms with E-state index in [1.165, 1.54) is 0 Å². The predicted octanol–water partition coefficient (Wildman–Crippen LogP) is 5.46. The molecule has 1 fully saturated rings. The Labute approximate surface area is 231 Å². The first kappa shape index (κ1) is 29.2.